The Labute approximate surface area is 267 Å². The fraction of sp³-hybridized carbons (Fsp3) is 0.694. The van der Waals surface area contributed by atoms with Gasteiger partial charge in [-0.25, -0.2) is 4.98 Å². The molecule has 2 unspecified atom stereocenters. The minimum absolute atomic E-state index is 0.0480. The van der Waals surface area contributed by atoms with Crippen molar-refractivity contribution < 1.29 is 23.9 Å². The van der Waals surface area contributed by atoms with Crippen LogP contribution in [-0.4, -0.2) is 47.9 Å². The smallest absolute Gasteiger partial charge is 0.308 e. The summed E-state index contributed by atoms with van der Waals surface area (Å²) in [6.45, 7) is 23.1. The van der Waals surface area contributed by atoms with E-state index in [1.54, 1.807) is 0 Å². The number of unbranched alkanes of at least 4 members (excludes halogenated alkanes) is 1. The highest BCUT2D eigenvalue weighted by atomic mass is 28.4. The number of ketones is 1. The van der Waals surface area contributed by atoms with Crippen LogP contribution in [0.4, 0.5) is 0 Å². The van der Waals surface area contributed by atoms with Crippen molar-refractivity contribution in [3.63, 3.8) is 0 Å². The van der Waals surface area contributed by atoms with Crippen LogP contribution in [0, 0.1) is 30.1 Å². The molecule has 5 atom stereocenters. The summed E-state index contributed by atoms with van der Waals surface area (Å²) in [5, 5.41) is 10.7. The van der Waals surface area contributed by atoms with Crippen molar-refractivity contribution in [2.75, 3.05) is 7.11 Å². The first-order chi connectivity index (χ1) is 20.2. The average Bonchev–Trinajstić information content (AvgIpc) is 3.24. The van der Waals surface area contributed by atoms with Gasteiger partial charge in [-0.1, -0.05) is 80.0 Å². The Bertz CT molecular complexity index is 1290. The van der Waals surface area contributed by atoms with Gasteiger partial charge in [0.25, 0.3) is 0 Å². The molecular formula is C36H60N2O5Si. The molecule has 248 valence electrons. The van der Waals surface area contributed by atoms with Crippen molar-refractivity contribution in [3.8, 4) is 0 Å². The lowest BCUT2D eigenvalue weighted by molar-refractivity contribution is -0.147. The zero-order chi connectivity index (χ0) is 33.6. The number of nitrogens with zero attached hydrogens (tertiary/aromatic N) is 2. The van der Waals surface area contributed by atoms with Crippen LogP contribution in [-0.2, 0) is 25.8 Å². The van der Waals surface area contributed by atoms with Crippen molar-refractivity contribution in [1.82, 2.24) is 9.55 Å². The highest BCUT2D eigenvalue weighted by molar-refractivity contribution is 6.74. The molecule has 7 nitrogen and oxygen atoms in total. The number of hydrogen-bond donors (Lipinski definition) is 1. The summed E-state index contributed by atoms with van der Waals surface area (Å²) in [6, 6.07) is 5.98. The first kappa shape index (κ1) is 37.9. The van der Waals surface area contributed by atoms with E-state index in [0.717, 1.165) is 41.7 Å². The second-order valence-corrected chi connectivity index (χ2v) is 19.7. The number of hydrogen-bond acceptors (Lipinski definition) is 6. The van der Waals surface area contributed by atoms with Gasteiger partial charge in [-0.15, -0.1) is 0 Å². The molecule has 0 bridgehead atoms. The zero-order valence-corrected chi connectivity index (χ0v) is 30.8. The Morgan fingerprint density at radius 2 is 1.73 bits per heavy atom. The standard InChI is InChI=1S/C36H60N2O5Si/c1-24(18-16-14-15-17-19-31(39)28-20-21-30-29(22-28)37-27(4)38(30)10)25(2)26(3)34(41)36(8,9)32(23-33(40)42-11)43-44(12,13)35(5,6)7/h15,17,20-22,24-26,31-32,39H,14,16,18-19,23H2,1-13H3/b17-15-/t24?,25-,26?,31-,32-/m0/s1. The lowest BCUT2D eigenvalue weighted by atomic mass is 9.70. The van der Waals surface area contributed by atoms with Crippen molar-refractivity contribution >= 4 is 31.1 Å². The van der Waals surface area contributed by atoms with Crippen LogP contribution in [0.15, 0.2) is 30.4 Å². The molecule has 1 aromatic heterocycles. The van der Waals surface area contributed by atoms with E-state index in [2.05, 4.69) is 69.4 Å². The summed E-state index contributed by atoms with van der Waals surface area (Å²) in [5.41, 5.74) is 2.03. The average molecular weight is 629 g/mol. The van der Waals surface area contributed by atoms with Gasteiger partial charge < -0.3 is 18.8 Å². The Morgan fingerprint density at radius 3 is 2.32 bits per heavy atom. The van der Waals surface area contributed by atoms with E-state index >= 15 is 0 Å². The second-order valence-electron chi connectivity index (χ2n) is 15.0. The molecule has 44 heavy (non-hydrogen) atoms. The van der Waals surface area contributed by atoms with Crippen molar-refractivity contribution in [2.45, 2.75) is 125 Å². The Hall–Kier alpha value is -2.29. The van der Waals surface area contributed by atoms with Gasteiger partial charge in [0, 0.05) is 18.4 Å². The summed E-state index contributed by atoms with van der Waals surface area (Å²) in [5.74, 6) is 1.11. The van der Waals surface area contributed by atoms with Gasteiger partial charge in [0.1, 0.15) is 11.6 Å². The van der Waals surface area contributed by atoms with Crippen LogP contribution in [0.3, 0.4) is 0 Å². The predicted octanol–water partition coefficient (Wildman–Crippen LogP) is 8.49. The van der Waals surface area contributed by atoms with Crippen molar-refractivity contribution in [3.05, 3.63) is 41.7 Å². The number of carbonyl (C=O) groups excluding carboxylic acids is 2. The third-order valence-electron chi connectivity index (χ3n) is 10.4. The maximum Gasteiger partial charge on any atom is 0.308 e. The maximum absolute atomic E-state index is 14.0. The highest BCUT2D eigenvalue weighted by Crippen LogP contribution is 2.42. The lowest BCUT2D eigenvalue weighted by Gasteiger charge is -2.44. The first-order valence-corrected chi connectivity index (χ1v) is 19.2. The Kier molecular flexibility index (Phi) is 13.2. The number of benzene rings is 1. The topological polar surface area (TPSA) is 90.7 Å². The number of allylic oxidation sites excluding steroid dienone is 1. The molecule has 1 aromatic carbocycles. The van der Waals surface area contributed by atoms with Crippen molar-refractivity contribution in [1.29, 1.82) is 0 Å². The van der Waals surface area contributed by atoms with Gasteiger partial charge in [-0.05, 0) is 73.9 Å². The summed E-state index contributed by atoms with van der Waals surface area (Å²) < 4.78 is 13.8. The fourth-order valence-electron chi connectivity index (χ4n) is 5.53. The molecular weight excluding hydrogens is 568 g/mol. The molecule has 2 rings (SSSR count). The number of rotatable bonds is 16. The van der Waals surface area contributed by atoms with Gasteiger partial charge in [0.15, 0.2) is 8.32 Å². The van der Waals surface area contributed by atoms with Crippen LogP contribution in [0.5, 0.6) is 0 Å². The molecule has 0 radical (unpaired) electrons. The molecule has 2 aromatic rings. The lowest BCUT2D eigenvalue weighted by Crippen LogP contribution is -2.52. The predicted molar refractivity (Wildman–Crippen MR) is 183 cm³/mol. The van der Waals surface area contributed by atoms with E-state index in [9.17, 15) is 14.7 Å². The van der Waals surface area contributed by atoms with E-state index in [4.69, 9.17) is 9.16 Å². The number of aryl methyl sites for hydroxylation is 2. The van der Waals surface area contributed by atoms with E-state index in [1.807, 2.05) is 52.9 Å². The molecule has 0 amide bonds. The van der Waals surface area contributed by atoms with E-state index in [-0.39, 0.29) is 35.0 Å². The van der Waals surface area contributed by atoms with E-state index < -0.39 is 25.9 Å². The molecule has 0 saturated carbocycles. The van der Waals surface area contributed by atoms with Crippen LogP contribution >= 0.6 is 0 Å². The summed E-state index contributed by atoms with van der Waals surface area (Å²) in [6.07, 6.45) is 6.69. The van der Waals surface area contributed by atoms with Crippen LogP contribution in [0.1, 0.15) is 105 Å². The van der Waals surface area contributed by atoms with E-state index in [1.165, 1.54) is 7.11 Å². The Balaban J connectivity index is 1.94. The number of methoxy groups -OCH3 is 1. The van der Waals surface area contributed by atoms with Gasteiger partial charge in [-0.2, -0.15) is 0 Å². The van der Waals surface area contributed by atoms with Gasteiger partial charge in [0.05, 0.1) is 36.8 Å². The van der Waals surface area contributed by atoms with Gasteiger partial charge >= 0.3 is 5.97 Å². The quantitative estimate of drug-likeness (QED) is 0.0868. The third kappa shape index (κ3) is 9.36. The molecule has 8 heteroatoms. The molecule has 1 N–H and O–H groups in total. The maximum atomic E-state index is 14.0. The molecule has 0 aliphatic heterocycles. The Morgan fingerprint density at radius 1 is 1.09 bits per heavy atom. The molecule has 0 saturated heterocycles. The minimum atomic E-state index is -2.24. The molecule has 0 spiro atoms. The van der Waals surface area contributed by atoms with Crippen LogP contribution in [0.2, 0.25) is 18.1 Å². The van der Waals surface area contributed by atoms with E-state index in [0.29, 0.717) is 12.3 Å². The van der Waals surface area contributed by atoms with Crippen LogP contribution in [0.25, 0.3) is 11.0 Å². The number of aromatic nitrogens is 2. The summed E-state index contributed by atoms with van der Waals surface area (Å²) in [4.78, 5) is 30.9. The number of carbonyl (C=O) groups is 2. The highest BCUT2D eigenvalue weighted by Gasteiger charge is 2.47. The number of aliphatic hydroxyl groups is 1. The summed E-state index contributed by atoms with van der Waals surface area (Å²) in [7, 11) is 1.14. The SMILES string of the molecule is COC(=O)C[C@H](O[Si](C)(C)C(C)(C)C)C(C)(C)C(=O)C(C)[C@@H](C)C(C)CCC/C=C\C[C@H](O)c1ccc2c(c1)nc(C)n2C. The number of Topliss-reactive ketones (excluding diaryl/α,β-unsaturated/α-hetero) is 1. The largest absolute Gasteiger partial charge is 0.469 e. The first-order valence-electron chi connectivity index (χ1n) is 16.3. The molecule has 0 aliphatic carbocycles. The minimum Gasteiger partial charge on any atom is -0.469 e. The monoisotopic (exact) mass is 628 g/mol. The summed E-state index contributed by atoms with van der Waals surface area (Å²) >= 11 is 0. The second kappa shape index (κ2) is 15.3. The molecule has 0 fully saturated rings. The number of imidazole rings is 1. The molecule has 1 heterocycles. The fourth-order valence-corrected chi connectivity index (χ4v) is 6.98. The third-order valence-corrected chi connectivity index (χ3v) is 14.9. The number of aliphatic hydroxyl groups excluding tert-OH is 1. The number of ether oxygens (including phenoxy) is 1. The van der Waals surface area contributed by atoms with Crippen molar-refractivity contribution in [2.24, 2.45) is 30.2 Å². The van der Waals surface area contributed by atoms with Gasteiger partial charge in [0.2, 0.25) is 0 Å². The molecule has 0 aliphatic rings. The number of fused-ring (bicyclic) bond motifs is 1. The van der Waals surface area contributed by atoms with Gasteiger partial charge in [-0.3, -0.25) is 9.59 Å². The normalized spacial score (nSPS) is 16.6. The zero-order valence-electron chi connectivity index (χ0n) is 29.8. The number of esters is 1. The van der Waals surface area contributed by atoms with Crippen LogP contribution < -0.4 is 0 Å².